The summed E-state index contributed by atoms with van der Waals surface area (Å²) in [6.07, 6.45) is 1.20. The van der Waals surface area contributed by atoms with Crippen molar-refractivity contribution in [1.29, 1.82) is 0 Å². The smallest absolute Gasteiger partial charge is 0.149 e. The molecule has 0 bridgehead atoms. The Morgan fingerprint density at radius 3 is 2.62 bits per heavy atom. The Morgan fingerprint density at radius 2 is 2.06 bits per heavy atom. The number of hydrazine groups is 1. The Kier molecular flexibility index (Phi) is 4.08. The first-order valence-corrected chi connectivity index (χ1v) is 6.84. The van der Waals surface area contributed by atoms with Gasteiger partial charge in [0.2, 0.25) is 0 Å². The molecule has 7 heteroatoms. The third kappa shape index (κ3) is 4.45. The first-order valence-electron chi connectivity index (χ1n) is 4.78. The van der Waals surface area contributed by atoms with Gasteiger partial charge in [-0.1, -0.05) is 6.07 Å². The number of nitrogens with zero attached hydrogens (tertiary/aromatic N) is 1. The molecule has 1 unspecified atom stereocenters. The Balaban J connectivity index is 2.65. The van der Waals surface area contributed by atoms with Crippen LogP contribution >= 0.6 is 0 Å². The second-order valence-corrected chi connectivity index (χ2v) is 5.88. The lowest BCUT2D eigenvalue weighted by atomic mass is 10.3. The highest BCUT2D eigenvalue weighted by molar-refractivity contribution is 7.90. The lowest BCUT2D eigenvalue weighted by Crippen LogP contribution is -2.25. The number of hydrogen-bond donors (Lipinski definition) is 3. The normalized spacial score (nSPS) is 13.2. The molecule has 0 aromatic carbocycles. The molecule has 0 aliphatic heterocycles. The van der Waals surface area contributed by atoms with Gasteiger partial charge in [0.15, 0.2) is 0 Å². The zero-order valence-corrected chi connectivity index (χ0v) is 10.1. The molecule has 0 amide bonds. The highest BCUT2D eigenvalue weighted by Crippen LogP contribution is 2.09. The van der Waals surface area contributed by atoms with E-state index in [0.717, 1.165) is 0 Å². The molecule has 1 heterocycles. The quantitative estimate of drug-likeness (QED) is 0.506. The number of nitrogens with one attached hydrogen (secondary N) is 2. The van der Waals surface area contributed by atoms with E-state index in [1.165, 1.54) is 6.26 Å². The molecule has 90 valence electrons. The van der Waals surface area contributed by atoms with Crippen LogP contribution in [0.25, 0.3) is 0 Å². The fraction of sp³-hybridized carbons (Fsp3) is 0.444. The monoisotopic (exact) mass is 244 g/mol. The van der Waals surface area contributed by atoms with E-state index in [-0.39, 0.29) is 11.8 Å². The lowest BCUT2D eigenvalue weighted by Gasteiger charge is -2.13. The Morgan fingerprint density at radius 1 is 1.44 bits per heavy atom. The lowest BCUT2D eigenvalue weighted by molar-refractivity contribution is 0.598. The van der Waals surface area contributed by atoms with E-state index in [2.05, 4.69) is 15.7 Å². The number of nitrogen functional groups attached to an aromatic ring is 1. The maximum atomic E-state index is 11.1. The van der Waals surface area contributed by atoms with Crippen LogP contribution in [0.5, 0.6) is 0 Å². The minimum atomic E-state index is -2.99. The summed E-state index contributed by atoms with van der Waals surface area (Å²) in [5.74, 6) is 6.39. The van der Waals surface area contributed by atoms with E-state index in [1.54, 1.807) is 25.1 Å². The minimum absolute atomic E-state index is 0.0644. The molecule has 0 aliphatic rings. The molecule has 0 fully saturated rings. The van der Waals surface area contributed by atoms with E-state index in [1.807, 2.05) is 0 Å². The predicted octanol–water partition coefficient (Wildman–Crippen LogP) is 0.212. The number of anilines is 2. The predicted molar refractivity (Wildman–Crippen MR) is 64.8 cm³/mol. The fourth-order valence-electron chi connectivity index (χ4n) is 1.34. The summed E-state index contributed by atoms with van der Waals surface area (Å²) < 4.78 is 22.1. The summed E-state index contributed by atoms with van der Waals surface area (Å²) in [4.78, 5) is 4.12. The molecule has 0 radical (unpaired) electrons. The van der Waals surface area contributed by atoms with Crippen LogP contribution in [0.3, 0.4) is 0 Å². The molecule has 0 spiro atoms. The standard InChI is InChI=1S/C9H16N4O2S/c1-7(6-16(2,14)15)11-8-4-3-5-9(12-8)13-10/h3-5,7H,6,10H2,1-2H3,(H2,11,12,13). The second kappa shape index (κ2) is 5.13. The molecule has 1 rings (SSSR count). The third-order valence-electron chi connectivity index (χ3n) is 1.84. The summed E-state index contributed by atoms with van der Waals surface area (Å²) in [5.41, 5.74) is 2.42. The average Bonchev–Trinajstić information content (AvgIpc) is 2.15. The zero-order chi connectivity index (χ0) is 12.2. The number of sulfone groups is 1. The molecule has 1 aromatic heterocycles. The molecule has 1 atom stereocenters. The first kappa shape index (κ1) is 12.7. The van der Waals surface area contributed by atoms with Gasteiger partial charge in [0, 0.05) is 12.3 Å². The van der Waals surface area contributed by atoms with Crippen LogP contribution in [-0.2, 0) is 9.84 Å². The highest BCUT2D eigenvalue weighted by atomic mass is 32.2. The van der Waals surface area contributed by atoms with Crippen molar-refractivity contribution in [1.82, 2.24) is 4.98 Å². The van der Waals surface area contributed by atoms with E-state index < -0.39 is 9.84 Å². The van der Waals surface area contributed by atoms with Crippen molar-refractivity contribution >= 4 is 21.5 Å². The van der Waals surface area contributed by atoms with Crippen LogP contribution in [0.2, 0.25) is 0 Å². The van der Waals surface area contributed by atoms with Crippen molar-refractivity contribution in [2.75, 3.05) is 22.8 Å². The van der Waals surface area contributed by atoms with Gasteiger partial charge in [-0.15, -0.1) is 0 Å². The topological polar surface area (TPSA) is 97.1 Å². The molecule has 4 N–H and O–H groups in total. The van der Waals surface area contributed by atoms with Gasteiger partial charge in [0.05, 0.1) is 5.75 Å². The van der Waals surface area contributed by atoms with Crippen LogP contribution in [-0.4, -0.2) is 31.5 Å². The van der Waals surface area contributed by atoms with E-state index in [4.69, 9.17) is 5.84 Å². The average molecular weight is 244 g/mol. The minimum Gasteiger partial charge on any atom is -0.367 e. The van der Waals surface area contributed by atoms with Crippen LogP contribution in [0.1, 0.15) is 6.92 Å². The molecule has 1 aromatic rings. The number of aromatic nitrogens is 1. The molecular formula is C9H16N4O2S. The van der Waals surface area contributed by atoms with E-state index >= 15 is 0 Å². The number of hydrogen-bond acceptors (Lipinski definition) is 6. The molecule has 0 saturated heterocycles. The van der Waals surface area contributed by atoms with Crippen molar-refractivity contribution in [3.8, 4) is 0 Å². The summed E-state index contributed by atoms with van der Waals surface area (Å²) in [7, 11) is -2.99. The molecular weight excluding hydrogens is 228 g/mol. The SMILES string of the molecule is CC(CS(C)(=O)=O)Nc1cccc(NN)n1. The molecule has 0 saturated carbocycles. The van der Waals surface area contributed by atoms with Gasteiger partial charge < -0.3 is 10.7 Å². The van der Waals surface area contributed by atoms with Gasteiger partial charge in [0.1, 0.15) is 21.5 Å². The van der Waals surface area contributed by atoms with Crippen molar-refractivity contribution in [3.63, 3.8) is 0 Å². The Hall–Kier alpha value is -1.34. The van der Waals surface area contributed by atoms with E-state index in [9.17, 15) is 8.42 Å². The van der Waals surface area contributed by atoms with Crippen LogP contribution in [0, 0.1) is 0 Å². The van der Waals surface area contributed by atoms with Crippen molar-refractivity contribution in [2.24, 2.45) is 5.84 Å². The third-order valence-corrected chi connectivity index (χ3v) is 2.95. The summed E-state index contributed by atoms with van der Waals surface area (Å²) in [6, 6.07) is 5.04. The highest BCUT2D eigenvalue weighted by Gasteiger charge is 2.10. The van der Waals surface area contributed by atoms with Crippen LogP contribution < -0.4 is 16.6 Å². The van der Waals surface area contributed by atoms with Gasteiger partial charge in [-0.25, -0.2) is 19.2 Å². The number of pyridine rings is 1. The Labute approximate surface area is 95.1 Å². The van der Waals surface area contributed by atoms with Crippen molar-refractivity contribution < 1.29 is 8.42 Å². The summed E-state index contributed by atoms with van der Waals surface area (Å²) in [5, 5.41) is 2.99. The fourth-order valence-corrected chi connectivity index (χ4v) is 2.34. The van der Waals surface area contributed by atoms with Crippen molar-refractivity contribution in [2.45, 2.75) is 13.0 Å². The maximum Gasteiger partial charge on any atom is 0.149 e. The summed E-state index contributed by atoms with van der Waals surface area (Å²) in [6.45, 7) is 1.78. The zero-order valence-electron chi connectivity index (χ0n) is 9.27. The Bertz CT molecular complexity index is 447. The van der Waals surface area contributed by atoms with Gasteiger partial charge in [-0.2, -0.15) is 0 Å². The molecule has 16 heavy (non-hydrogen) atoms. The summed E-state index contributed by atoms with van der Waals surface area (Å²) >= 11 is 0. The maximum absolute atomic E-state index is 11.1. The van der Waals surface area contributed by atoms with Gasteiger partial charge in [-0.3, -0.25) is 0 Å². The van der Waals surface area contributed by atoms with Gasteiger partial charge in [0.25, 0.3) is 0 Å². The van der Waals surface area contributed by atoms with Crippen molar-refractivity contribution in [3.05, 3.63) is 18.2 Å². The van der Waals surface area contributed by atoms with Gasteiger partial charge in [-0.05, 0) is 19.1 Å². The second-order valence-electron chi connectivity index (χ2n) is 3.69. The number of rotatable bonds is 5. The molecule has 6 nitrogen and oxygen atoms in total. The van der Waals surface area contributed by atoms with E-state index in [0.29, 0.717) is 11.6 Å². The molecule has 0 aliphatic carbocycles. The largest absolute Gasteiger partial charge is 0.367 e. The van der Waals surface area contributed by atoms with Gasteiger partial charge >= 0.3 is 0 Å². The number of nitrogens with two attached hydrogens (primary N) is 1. The van der Waals surface area contributed by atoms with Crippen LogP contribution in [0.15, 0.2) is 18.2 Å². The first-order chi connectivity index (χ1) is 7.40. The van der Waals surface area contributed by atoms with Crippen LogP contribution in [0.4, 0.5) is 11.6 Å².